The highest BCUT2D eigenvalue weighted by atomic mass is 16.5. The van der Waals surface area contributed by atoms with E-state index in [1.54, 1.807) is 7.11 Å². The second-order valence-electron chi connectivity index (χ2n) is 7.17. The first-order valence-electron chi connectivity index (χ1n) is 8.06. The molecule has 124 valence electrons. The molecule has 2 unspecified atom stereocenters. The summed E-state index contributed by atoms with van der Waals surface area (Å²) in [7, 11) is 1.72. The molecule has 1 rings (SSSR count). The minimum atomic E-state index is -0.0349. The zero-order valence-electron chi connectivity index (χ0n) is 14.0. The van der Waals surface area contributed by atoms with E-state index in [1.165, 1.54) is 6.42 Å². The number of urea groups is 1. The quantitative estimate of drug-likeness (QED) is 0.792. The van der Waals surface area contributed by atoms with E-state index in [9.17, 15) is 4.79 Å². The first-order chi connectivity index (χ1) is 9.87. The second-order valence-corrected chi connectivity index (χ2v) is 7.17. The average molecular weight is 300 g/mol. The highest BCUT2D eigenvalue weighted by Crippen LogP contribution is 2.21. The van der Waals surface area contributed by atoms with Crippen molar-refractivity contribution < 1.29 is 14.6 Å². The summed E-state index contributed by atoms with van der Waals surface area (Å²) in [5.41, 5.74) is 0.0417. The molecule has 1 saturated carbocycles. The fourth-order valence-electron chi connectivity index (χ4n) is 2.88. The molecule has 0 heterocycles. The Hall–Kier alpha value is -0.810. The fraction of sp³-hybridized carbons (Fsp3) is 0.938. The summed E-state index contributed by atoms with van der Waals surface area (Å²) in [5.74, 6) is 0. The van der Waals surface area contributed by atoms with Gasteiger partial charge in [-0.25, -0.2) is 4.79 Å². The van der Waals surface area contributed by atoms with Crippen molar-refractivity contribution in [1.82, 2.24) is 10.2 Å². The molecule has 2 N–H and O–H groups in total. The van der Waals surface area contributed by atoms with Crippen molar-refractivity contribution in [2.45, 2.75) is 65.0 Å². The molecule has 0 saturated heterocycles. The van der Waals surface area contributed by atoms with Crippen molar-refractivity contribution >= 4 is 6.03 Å². The number of hydrogen-bond donors (Lipinski definition) is 2. The number of nitrogens with one attached hydrogen (secondary N) is 1. The van der Waals surface area contributed by atoms with Crippen LogP contribution in [0.15, 0.2) is 0 Å². The number of methoxy groups -OCH3 is 1. The highest BCUT2D eigenvalue weighted by Gasteiger charge is 2.29. The molecule has 0 aromatic rings. The molecule has 0 aromatic carbocycles. The van der Waals surface area contributed by atoms with E-state index in [0.717, 1.165) is 19.3 Å². The number of nitrogens with zero attached hydrogens (tertiary/aromatic N) is 1. The molecule has 0 radical (unpaired) electrons. The van der Waals surface area contributed by atoms with E-state index in [0.29, 0.717) is 19.5 Å². The standard InChI is InChI=1S/C16H32N2O3/c1-16(2,3)12-18(10-7-11-19)15(20)17-13-8-5-6-9-14(13)21-4/h13-14,19H,5-12H2,1-4H3,(H,17,20). The summed E-state index contributed by atoms with van der Waals surface area (Å²) in [6, 6.07) is 0.0696. The van der Waals surface area contributed by atoms with Crippen molar-refractivity contribution in [1.29, 1.82) is 0 Å². The number of carbonyl (C=O) groups excluding carboxylic acids is 1. The lowest BCUT2D eigenvalue weighted by atomic mass is 9.92. The van der Waals surface area contributed by atoms with Gasteiger partial charge in [-0.05, 0) is 24.7 Å². The third-order valence-electron chi connectivity index (χ3n) is 3.85. The van der Waals surface area contributed by atoms with Gasteiger partial charge in [-0.2, -0.15) is 0 Å². The van der Waals surface area contributed by atoms with Crippen LogP contribution in [0.4, 0.5) is 4.79 Å². The highest BCUT2D eigenvalue weighted by molar-refractivity contribution is 5.74. The van der Waals surface area contributed by atoms with Crippen molar-refractivity contribution in [2.24, 2.45) is 5.41 Å². The van der Waals surface area contributed by atoms with Gasteiger partial charge >= 0.3 is 6.03 Å². The largest absolute Gasteiger partial charge is 0.396 e. The van der Waals surface area contributed by atoms with Gasteiger partial charge in [0.05, 0.1) is 12.1 Å². The second kappa shape index (κ2) is 8.59. The van der Waals surface area contributed by atoms with Crippen LogP contribution in [0, 0.1) is 5.41 Å². The normalized spacial score (nSPS) is 22.9. The van der Waals surface area contributed by atoms with Gasteiger partial charge < -0.3 is 20.1 Å². The van der Waals surface area contributed by atoms with Crippen LogP contribution >= 0.6 is 0 Å². The van der Waals surface area contributed by atoms with Crippen LogP contribution in [0.3, 0.4) is 0 Å². The number of rotatable bonds is 6. The first-order valence-corrected chi connectivity index (χ1v) is 8.06. The number of aliphatic hydroxyl groups excluding tert-OH is 1. The molecule has 21 heavy (non-hydrogen) atoms. The Morgan fingerprint density at radius 3 is 2.57 bits per heavy atom. The van der Waals surface area contributed by atoms with Crippen molar-refractivity contribution in [3.63, 3.8) is 0 Å². The van der Waals surface area contributed by atoms with Gasteiger partial charge in [-0.15, -0.1) is 0 Å². The van der Waals surface area contributed by atoms with Crippen molar-refractivity contribution in [3.05, 3.63) is 0 Å². The van der Waals surface area contributed by atoms with E-state index in [4.69, 9.17) is 9.84 Å². The lowest BCUT2D eigenvalue weighted by Gasteiger charge is -2.35. The van der Waals surface area contributed by atoms with Gasteiger partial charge in [0.1, 0.15) is 0 Å². The Kier molecular flexibility index (Phi) is 7.46. The van der Waals surface area contributed by atoms with Gasteiger partial charge in [0, 0.05) is 26.8 Å². The molecule has 5 nitrogen and oxygen atoms in total. The van der Waals surface area contributed by atoms with Gasteiger partial charge in [-0.1, -0.05) is 33.6 Å². The monoisotopic (exact) mass is 300 g/mol. The molecule has 0 bridgehead atoms. The number of carbonyl (C=O) groups is 1. The fourth-order valence-corrected chi connectivity index (χ4v) is 2.88. The van der Waals surface area contributed by atoms with Gasteiger partial charge in [0.25, 0.3) is 0 Å². The lowest BCUT2D eigenvalue weighted by molar-refractivity contribution is 0.0422. The summed E-state index contributed by atoms with van der Waals surface area (Å²) in [6.07, 6.45) is 5.03. The molecule has 5 heteroatoms. The summed E-state index contributed by atoms with van der Waals surface area (Å²) in [4.78, 5) is 14.4. The van der Waals surface area contributed by atoms with Crippen LogP contribution in [-0.4, -0.2) is 55.0 Å². The first kappa shape index (κ1) is 18.2. The molecule has 1 fully saturated rings. The molecule has 0 spiro atoms. The third-order valence-corrected chi connectivity index (χ3v) is 3.85. The minimum Gasteiger partial charge on any atom is -0.396 e. The summed E-state index contributed by atoms with van der Waals surface area (Å²) < 4.78 is 5.49. The SMILES string of the molecule is COC1CCCCC1NC(=O)N(CCCO)CC(C)(C)C. The summed E-state index contributed by atoms with van der Waals surface area (Å²) in [5, 5.41) is 12.2. The van der Waals surface area contributed by atoms with E-state index in [2.05, 4.69) is 26.1 Å². The smallest absolute Gasteiger partial charge is 0.317 e. The molecule has 1 aliphatic carbocycles. The zero-order valence-corrected chi connectivity index (χ0v) is 14.0. The maximum Gasteiger partial charge on any atom is 0.317 e. The number of aliphatic hydroxyl groups is 1. The van der Waals surface area contributed by atoms with Crippen LogP contribution in [0.1, 0.15) is 52.9 Å². The predicted molar refractivity (Wildman–Crippen MR) is 84.3 cm³/mol. The van der Waals surface area contributed by atoms with E-state index in [1.807, 2.05) is 4.90 Å². The Bertz CT molecular complexity index is 315. The zero-order chi connectivity index (χ0) is 15.9. The minimum absolute atomic E-state index is 0.0349. The number of amides is 2. The number of ether oxygens (including phenoxy) is 1. The summed E-state index contributed by atoms with van der Waals surface area (Å²) in [6.45, 7) is 7.73. The Balaban J connectivity index is 2.61. The Labute approximate surface area is 129 Å². The van der Waals surface area contributed by atoms with Crippen LogP contribution in [0.5, 0.6) is 0 Å². The molecular weight excluding hydrogens is 268 g/mol. The maximum atomic E-state index is 12.5. The molecule has 2 amide bonds. The Morgan fingerprint density at radius 2 is 2.00 bits per heavy atom. The van der Waals surface area contributed by atoms with Crippen LogP contribution in [0.2, 0.25) is 0 Å². The molecule has 0 aliphatic heterocycles. The average Bonchev–Trinajstić information content (AvgIpc) is 2.42. The van der Waals surface area contributed by atoms with Crippen LogP contribution in [-0.2, 0) is 4.74 Å². The lowest BCUT2D eigenvalue weighted by Crippen LogP contribution is -2.52. The molecule has 0 aromatic heterocycles. The maximum absolute atomic E-state index is 12.5. The van der Waals surface area contributed by atoms with Crippen LogP contribution in [0.25, 0.3) is 0 Å². The van der Waals surface area contributed by atoms with Gasteiger partial charge in [0.15, 0.2) is 0 Å². The van der Waals surface area contributed by atoms with Gasteiger partial charge in [-0.3, -0.25) is 0 Å². The third kappa shape index (κ3) is 6.66. The number of hydrogen-bond acceptors (Lipinski definition) is 3. The molecule has 1 aliphatic rings. The summed E-state index contributed by atoms with van der Waals surface area (Å²) >= 11 is 0. The van der Waals surface area contributed by atoms with Crippen LogP contribution < -0.4 is 5.32 Å². The van der Waals surface area contributed by atoms with Crippen molar-refractivity contribution in [3.8, 4) is 0 Å². The van der Waals surface area contributed by atoms with Crippen molar-refractivity contribution in [2.75, 3.05) is 26.8 Å². The molecular formula is C16H32N2O3. The topological polar surface area (TPSA) is 61.8 Å². The van der Waals surface area contributed by atoms with E-state index >= 15 is 0 Å². The Morgan fingerprint density at radius 1 is 1.33 bits per heavy atom. The van der Waals surface area contributed by atoms with Gasteiger partial charge in [0.2, 0.25) is 0 Å². The van der Waals surface area contributed by atoms with E-state index < -0.39 is 0 Å². The molecule has 2 atom stereocenters. The van der Waals surface area contributed by atoms with E-state index in [-0.39, 0.29) is 30.2 Å². The predicted octanol–water partition coefficient (Wildman–Crippen LogP) is 2.38.